The van der Waals surface area contributed by atoms with Crippen LogP contribution in [0.4, 0.5) is 12.9 Å². The van der Waals surface area contributed by atoms with Crippen molar-refractivity contribution in [3.05, 3.63) is 15.8 Å². The monoisotopic (exact) mass is 185 g/mol. The molecule has 0 aromatic carbocycles. The van der Waals surface area contributed by atoms with Gasteiger partial charge < -0.3 is 12.9 Å². The molecular formula is C4H2BClF3S-. The minimum atomic E-state index is -4.86. The van der Waals surface area contributed by atoms with Gasteiger partial charge in [-0.05, 0) is 5.38 Å². The molecule has 1 rings (SSSR count). The Bertz CT molecular complexity index is 231. The summed E-state index contributed by atoms with van der Waals surface area (Å²) < 4.78 is 35.6. The first kappa shape index (κ1) is 7.95. The average Bonchev–Trinajstić information content (AvgIpc) is 2.11. The SMILES string of the molecule is F[B-](F)(F)c1csc(Cl)c1. The summed E-state index contributed by atoms with van der Waals surface area (Å²) >= 11 is 6.19. The number of hydrogen-bond acceptors (Lipinski definition) is 1. The van der Waals surface area contributed by atoms with Crippen LogP contribution in [0.5, 0.6) is 0 Å². The fourth-order valence-electron chi connectivity index (χ4n) is 0.495. The molecule has 0 fully saturated rings. The number of halogens is 4. The normalized spacial score (nSPS) is 12.0. The van der Waals surface area contributed by atoms with Crippen molar-refractivity contribution in [1.82, 2.24) is 0 Å². The molecule has 1 aromatic rings. The fourth-order valence-corrected chi connectivity index (χ4v) is 1.43. The van der Waals surface area contributed by atoms with E-state index >= 15 is 0 Å². The zero-order valence-electron chi connectivity index (χ0n) is 4.65. The summed E-state index contributed by atoms with van der Waals surface area (Å²) in [5.41, 5.74) is -0.616. The van der Waals surface area contributed by atoms with Crippen LogP contribution in [-0.4, -0.2) is 6.98 Å². The Morgan fingerprint density at radius 3 is 2.20 bits per heavy atom. The van der Waals surface area contributed by atoms with Crippen LogP contribution in [0.3, 0.4) is 0 Å². The van der Waals surface area contributed by atoms with Crippen LogP contribution in [0.15, 0.2) is 11.4 Å². The molecule has 1 heterocycles. The minimum Gasteiger partial charge on any atom is -0.445 e. The van der Waals surface area contributed by atoms with Gasteiger partial charge in [-0.2, -0.15) is 0 Å². The maximum Gasteiger partial charge on any atom is 0.510 e. The maximum absolute atomic E-state index is 11.8. The Kier molecular flexibility index (Phi) is 1.96. The van der Waals surface area contributed by atoms with Gasteiger partial charge in [0.15, 0.2) is 0 Å². The third kappa shape index (κ3) is 1.67. The smallest absolute Gasteiger partial charge is 0.445 e. The van der Waals surface area contributed by atoms with Crippen molar-refractivity contribution in [2.45, 2.75) is 0 Å². The van der Waals surface area contributed by atoms with E-state index in [1.807, 2.05) is 0 Å². The quantitative estimate of drug-likeness (QED) is 0.590. The van der Waals surface area contributed by atoms with Crippen molar-refractivity contribution in [1.29, 1.82) is 0 Å². The van der Waals surface area contributed by atoms with Crippen molar-refractivity contribution in [3.63, 3.8) is 0 Å². The lowest BCUT2D eigenvalue weighted by Crippen LogP contribution is -2.32. The standard InChI is InChI=1S/C4H2BClF3S/c6-4-1-3(2-10-4)5(7,8)9/h1-2H/q-1. The molecule has 10 heavy (non-hydrogen) atoms. The lowest BCUT2D eigenvalue weighted by molar-refractivity contribution is 0.501. The predicted molar refractivity (Wildman–Crippen MR) is 38.0 cm³/mol. The zero-order chi connectivity index (χ0) is 7.78. The first-order valence-electron chi connectivity index (χ1n) is 2.44. The highest BCUT2D eigenvalue weighted by Crippen LogP contribution is 2.18. The molecule has 0 saturated heterocycles. The molecule has 0 aliphatic heterocycles. The molecule has 0 amide bonds. The van der Waals surface area contributed by atoms with E-state index < -0.39 is 12.4 Å². The highest BCUT2D eigenvalue weighted by Gasteiger charge is 2.26. The second-order valence-corrected chi connectivity index (χ2v) is 3.30. The third-order valence-corrected chi connectivity index (χ3v) is 2.08. The Morgan fingerprint density at radius 2 is 2.00 bits per heavy atom. The Hall–Kier alpha value is -0.155. The number of rotatable bonds is 1. The summed E-state index contributed by atoms with van der Waals surface area (Å²) in [5.74, 6) is 0. The average molecular weight is 185 g/mol. The lowest BCUT2D eigenvalue weighted by Gasteiger charge is -2.10. The lowest BCUT2D eigenvalue weighted by atomic mass is 9.83. The van der Waals surface area contributed by atoms with Gasteiger partial charge >= 0.3 is 6.98 Å². The maximum atomic E-state index is 11.8. The van der Waals surface area contributed by atoms with Crippen molar-refractivity contribution in [3.8, 4) is 0 Å². The fraction of sp³-hybridized carbons (Fsp3) is 0. The second-order valence-electron chi connectivity index (χ2n) is 1.76. The van der Waals surface area contributed by atoms with Crippen LogP contribution in [0, 0.1) is 0 Å². The molecular weight excluding hydrogens is 183 g/mol. The largest absolute Gasteiger partial charge is 0.510 e. The summed E-state index contributed by atoms with van der Waals surface area (Å²) in [4.78, 5) is 0. The van der Waals surface area contributed by atoms with E-state index in [-0.39, 0.29) is 4.34 Å². The Morgan fingerprint density at radius 1 is 1.40 bits per heavy atom. The summed E-state index contributed by atoms with van der Waals surface area (Å²) in [7, 11) is 0. The summed E-state index contributed by atoms with van der Waals surface area (Å²) in [6.45, 7) is -4.86. The molecule has 0 spiro atoms. The first-order valence-corrected chi connectivity index (χ1v) is 3.70. The van der Waals surface area contributed by atoms with Gasteiger partial charge in [0, 0.05) is 0 Å². The van der Waals surface area contributed by atoms with Crippen molar-refractivity contribution < 1.29 is 12.9 Å². The first-order chi connectivity index (χ1) is 4.50. The van der Waals surface area contributed by atoms with Crippen molar-refractivity contribution in [2.24, 2.45) is 0 Å². The van der Waals surface area contributed by atoms with E-state index in [1.54, 1.807) is 0 Å². The zero-order valence-corrected chi connectivity index (χ0v) is 6.22. The third-order valence-electron chi connectivity index (χ3n) is 0.966. The molecule has 0 N–H and O–H groups in total. The molecule has 0 aliphatic carbocycles. The number of hydrogen-bond donors (Lipinski definition) is 0. The molecule has 1 aromatic heterocycles. The van der Waals surface area contributed by atoms with E-state index in [4.69, 9.17) is 11.6 Å². The van der Waals surface area contributed by atoms with E-state index in [1.165, 1.54) is 0 Å². The van der Waals surface area contributed by atoms with Gasteiger partial charge in [-0.3, -0.25) is 0 Å². The molecule has 6 heteroatoms. The van der Waals surface area contributed by atoms with Gasteiger partial charge in [0.2, 0.25) is 0 Å². The molecule has 0 unspecified atom stereocenters. The molecule has 0 bridgehead atoms. The second kappa shape index (κ2) is 2.47. The van der Waals surface area contributed by atoms with Gasteiger partial charge in [0.25, 0.3) is 0 Å². The van der Waals surface area contributed by atoms with Crippen LogP contribution < -0.4 is 5.46 Å². The van der Waals surface area contributed by atoms with E-state index in [2.05, 4.69) is 0 Å². The molecule has 0 aliphatic rings. The predicted octanol–water partition coefficient (Wildman–Crippen LogP) is 2.46. The van der Waals surface area contributed by atoms with Crippen LogP contribution in [0.25, 0.3) is 0 Å². The van der Waals surface area contributed by atoms with Crippen LogP contribution in [0.1, 0.15) is 0 Å². The van der Waals surface area contributed by atoms with Gasteiger partial charge in [-0.15, -0.1) is 11.3 Å². The van der Waals surface area contributed by atoms with Crippen LogP contribution >= 0.6 is 22.9 Å². The Labute approximate surface area is 64.7 Å². The van der Waals surface area contributed by atoms with Gasteiger partial charge in [0.1, 0.15) is 0 Å². The molecule has 0 radical (unpaired) electrons. The van der Waals surface area contributed by atoms with Crippen LogP contribution in [0.2, 0.25) is 4.34 Å². The van der Waals surface area contributed by atoms with Crippen molar-refractivity contribution >= 4 is 35.4 Å². The van der Waals surface area contributed by atoms with Crippen LogP contribution in [-0.2, 0) is 0 Å². The topological polar surface area (TPSA) is 0 Å². The molecule has 56 valence electrons. The van der Waals surface area contributed by atoms with E-state index in [0.717, 1.165) is 22.8 Å². The van der Waals surface area contributed by atoms with Gasteiger partial charge in [0.05, 0.1) is 4.34 Å². The molecule has 0 saturated carbocycles. The molecule has 0 nitrogen and oxygen atoms in total. The molecule has 0 atom stereocenters. The van der Waals surface area contributed by atoms with E-state index in [9.17, 15) is 12.9 Å². The summed E-state index contributed by atoms with van der Waals surface area (Å²) in [5, 5.41) is 1.02. The van der Waals surface area contributed by atoms with Gasteiger partial charge in [-0.1, -0.05) is 23.1 Å². The Balaban J connectivity index is 2.96. The summed E-state index contributed by atoms with van der Waals surface area (Å²) in [6.07, 6.45) is 0. The number of thiophene rings is 1. The summed E-state index contributed by atoms with van der Waals surface area (Å²) in [6, 6.07) is 0.937. The van der Waals surface area contributed by atoms with Crippen molar-refractivity contribution in [2.75, 3.05) is 0 Å². The van der Waals surface area contributed by atoms with E-state index in [0.29, 0.717) is 0 Å². The minimum absolute atomic E-state index is 0.175. The highest BCUT2D eigenvalue weighted by atomic mass is 35.5. The van der Waals surface area contributed by atoms with Gasteiger partial charge in [-0.25, -0.2) is 0 Å². The highest BCUT2D eigenvalue weighted by molar-refractivity contribution is 7.15.